The smallest absolute Gasteiger partial charge is 0.411 e. The minimum atomic E-state index is -0.551. The van der Waals surface area contributed by atoms with Gasteiger partial charge in [-0.2, -0.15) is 0 Å². The van der Waals surface area contributed by atoms with E-state index in [2.05, 4.69) is 16.0 Å². The molecule has 0 saturated heterocycles. The Kier molecular flexibility index (Phi) is 6.64. The quantitative estimate of drug-likeness (QED) is 0.754. The molecule has 1 unspecified atom stereocenters. The molecule has 126 valence electrons. The van der Waals surface area contributed by atoms with Gasteiger partial charge in [0, 0.05) is 11.4 Å². The molecule has 0 aromatic heterocycles. The van der Waals surface area contributed by atoms with Gasteiger partial charge in [-0.05, 0) is 30.7 Å². The second-order valence-corrected chi connectivity index (χ2v) is 5.16. The first-order chi connectivity index (χ1) is 11.7. The number of carbonyl (C=O) groups is 2. The fourth-order valence-electron chi connectivity index (χ4n) is 1.99. The molecule has 0 bridgehead atoms. The van der Waals surface area contributed by atoms with Crippen LogP contribution in [0.4, 0.5) is 21.0 Å². The monoisotopic (exact) mass is 327 g/mol. The van der Waals surface area contributed by atoms with Crippen molar-refractivity contribution in [2.24, 2.45) is 0 Å². The molecule has 0 aliphatic carbocycles. The predicted octanol–water partition coefficient (Wildman–Crippen LogP) is 3.84. The van der Waals surface area contributed by atoms with Crippen molar-refractivity contribution in [3.8, 4) is 0 Å². The zero-order chi connectivity index (χ0) is 17.2. The van der Waals surface area contributed by atoms with E-state index in [1.54, 1.807) is 24.3 Å². The van der Waals surface area contributed by atoms with E-state index in [0.29, 0.717) is 17.8 Å². The molecule has 0 aliphatic rings. The lowest BCUT2D eigenvalue weighted by atomic mass is 10.2. The summed E-state index contributed by atoms with van der Waals surface area (Å²) in [6.07, 6.45) is 0.0887. The summed E-state index contributed by atoms with van der Waals surface area (Å²) in [6, 6.07) is 17.6. The Morgan fingerprint density at radius 3 is 2.00 bits per heavy atom. The maximum Gasteiger partial charge on any atom is 0.411 e. The van der Waals surface area contributed by atoms with Crippen LogP contribution in [0.3, 0.4) is 0 Å². The van der Waals surface area contributed by atoms with Crippen molar-refractivity contribution in [3.63, 3.8) is 0 Å². The van der Waals surface area contributed by atoms with Crippen LogP contribution in [-0.4, -0.2) is 24.8 Å². The van der Waals surface area contributed by atoms with Crippen molar-refractivity contribution in [2.75, 3.05) is 17.2 Å². The minimum Gasteiger partial charge on any atom is -0.447 e. The van der Waals surface area contributed by atoms with Gasteiger partial charge in [0.25, 0.3) is 0 Å². The number of rotatable bonds is 6. The molecule has 6 heteroatoms. The van der Waals surface area contributed by atoms with Gasteiger partial charge in [0.1, 0.15) is 6.61 Å². The molecular formula is C18H21N3O3. The molecule has 3 amide bonds. The number of carbonyl (C=O) groups excluding carboxylic acids is 2. The standard InChI is InChI=1S/C18H21N3O3/c1-2-14(19-17(22)20-15-9-5-3-6-10-15)13-24-18(23)21-16-11-7-4-8-12-16/h3-12,14H,2,13H2,1H3,(H,21,23)(H2,19,20,22). The summed E-state index contributed by atoms with van der Waals surface area (Å²) in [7, 11) is 0. The maximum atomic E-state index is 11.9. The lowest BCUT2D eigenvalue weighted by molar-refractivity contribution is 0.148. The second kappa shape index (κ2) is 9.19. The molecule has 2 aromatic rings. The Morgan fingerprint density at radius 1 is 0.917 bits per heavy atom. The summed E-state index contributed by atoms with van der Waals surface area (Å²) in [5.41, 5.74) is 1.36. The zero-order valence-corrected chi connectivity index (χ0v) is 13.5. The van der Waals surface area contributed by atoms with E-state index in [1.165, 1.54) is 0 Å². The summed E-state index contributed by atoms with van der Waals surface area (Å²) in [6.45, 7) is 2.00. The number of urea groups is 1. The second-order valence-electron chi connectivity index (χ2n) is 5.16. The first kappa shape index (κ1) is 17.3. The van der Waals surface area contributed by atoms with Gasteiger partial charge in [-0.3, -0.25) is 5.32 Å². The number of hydrogen-bond acceptors (Lipinski definition) is 3. The average molecular weight is 327 g/mol. The van der Waals surface area contributed by atoms with Crippen molar-refractivity contribution in [2.45, 2.75) is 19.4 Å². The van der Waals surface area contributed by atoms with E-state index in [1.807, 2.05) is 43.3 Å². The largest absolute Gasteiger partial charge is 0.447 e. The lowest BCUT2D eigenvalue weighted by Crippen LogP contribution is -2.41. The highest BCUT2D eigenvalue weighted by Crippen LogP contribution is 2.06. The van der Waals surface area contributed by atoms with Gasteiger partial charge >= 0.3 is 12.1 Å². The molecule has 6 nitrogen and oxygen atoms in total. The van der Waals surface area contributed by atoms with E-state index in [4.69, 9.17) is 4.74 Å². The Hall–Kier alpha value is -3.02. The normalized spacial score (nSPS) is 11.2. The molecule has 1 atom stereocenters. The first-order valence-electron chi connectivity index (χ1n) is 7.78. The highest BCUT2D eigenvalue weighted by molar-refractivity contribution is 5.89. The van der Waals surface area contributed by atoms with Gasteiger partial charge < -0.3 is 15.4 Å². The van der Waals surface area contributed by atoms with Crippen LogP contribution >= 0.6 is 0 Å². The van der Waals surface area contributed by atoms with Gasteiger partial charge in [-0.15, -0.1) is 0 Å². The first-order valence-corrected chi connectivity index (χ1v) is 7.78. The Morgan fingerprint density at radius 2 is 1.46 bits per heavy atom. The molecule has 0 spiro atoms. The van der Waals surface area contributed by atoms with Crippen molar-refractivity contribution >= 4 is 23.5 Å². The highest BCUT2D eigenvalue weighted by atomic mass is 16.5. The van der Waals surface area contributed by atoms with E-state index >= 15 is 0 Å². The Labute approximate surface area is 141 Å². The molecule has 0 fully saturated rings. The highest BCUT2D eigenvalue weighted by Gasteiger charge is 2.13. The van der Waals surface area contributed by atoms with E-state index in [-0.39, 0.29) is 18.7 Å². The number of hydrogen-bond donors (Lipinski definition) is 3. The third-order valence-electron chi connectivity index (χ3n) is 3.30. The third kappa shape index (κ3) is 6.00. The molecule has 0 aliphatic heterocycles. The molecule has 3 N–H and O–H groups in total. The van der Waals surface area contributed by atoms with E-state index in [9.17, 15) is 9.59 Å². The average Bonchev–Trinajstić information content (AvgIpc) is 2.60. The van der Waals surface area contributed by atoms with E-state index in [0.717, 1.165) is 0 Å². The fourth-order valence-corrected chi connectivity index (χ4v) is 1.99. The predicted molar refractivity (Wildman–Crippen MR) is 94.1 cm³/mol. The molecule has 0 radical (unpaired) electrons. The molecule has 2 rings (SSSR count). The summed E-state index contributed by atoms with van der Waals surface area (Å²) >= 11 is 0. The number of anilines is 2. The fraction of sp³-hybridized carbons (Fsp3) is 0.222. The van der Waals surface area contributed by atoms with Gasteiger partial charge in [0.2, 0.25) is 0 Å². The van der Waals surface area contributed by atoms with Gasteiger partial charge in [0.05, 0.1) is 6.04 Å². The SMILES string of the molecule is CCC(COC(=O)Nc1ccccc1)NC(=O)Nc1ccccc1. The van der Waals surface area contributed by atoms with Crippen LogP contribution in [0.2, 0.25) is 0 Å². The van der Waals surface area contributed by atoms with Crippen molar-refractivity contribution in [3.05, 3.63) is 60.7 Å². The van der Waals surface area contributed by atoms with Crippen molar-refractivity contribution in [1.82, 2.24) is 5.32 Å². The van der Waals surface area contributed by atoms with Crippen LogP contribution in [-0.2, 0) is 4.74 Å². The topological polar surface area (TPSA) is 79.5 Å². The van der Waals surface area contributed by atoms with E-state index < -0.39 is 6.09 Å². The number of benzene rings is 2. The number of amides is 3. The zero-order valence-electron chi connectivity index (χ0n) is 13.5. The van der Waals surface area contributed by atoms with Crippen LogP contribution in [0.1, 0.15) is 13.3 Å². The summed E-state index contributed by atoms with van der Waals surface area (Å²) in [5.74, 6) is 0. The molecule has 0 saturated carbocycles. The number of para-hydroxylation sites is 2. The van der Waals surface area contributed by atoms with Gasteiger partial charge in [0.15, 0.2) is 0 Å². The van der Waals surface area contributed by atoms with Crippen LogP contribution in [0.15, 0.2) is 60.7 Å². The van der Waals surface area contributed by atoms with Gasteiger partial charge in [-0.1, -0.05) is 43.3 Å². The molecule has 24 heavy (non-hydrogen) atoms. The summed E-state index contributed by atoms with van der Waals surface area (Å²) in [4.78, 5) is 23.7. The number of ether oxygens (including phenoxy) is 1. The lowest BCUT2D eigenvalue weighted by Gasteiger charge is -2.17. The summed E-state index contributed by atoms with van der Waals surface area (Å²) in [5, 5.41) is 8.13. The van der Waals surface area contributed by atoms with Crippen molar-refractivity contribution < 1.29 is 14.3 Å². The van der Waals surface area contributed by atoms with Crippen molar-refractivity contribution in [1.29, 1.82) is 0 Å². The van der Waals surface area contributed by atoms with Crippen LogP contribution in [0.5, 0.6) is 0 Å². The van der Waals surface area contributed by atoms with Crippen LogP contribution < -0.4 is 16.0 Å². The molecular weight excluding hydrogens is 306 g/mol. The van der Waals surface area contributed by atoms with Crippen LogP contribution in [0.25, 0.3) is 0 Å². The van der Waals surface area contributed by atoms with Gasteiger partial charge in [-0.25, -0.2) is 9.59 Å². The maximum absolute atomic E-state index is 11.9. The Balaban J connectivity index is 1.75. The molecule has 0 heterocycles. The third-order valence-corrected chi connectivity index (χ3v) is 3.30. The molecule has 2 aromatic carbocycles. The minimum absolute atomic E-state index is 0.0946. The van der Waals surface area contributed by atoms with Crippen LogP contribution in [0, 0.1) is 0 Å². The summed E-state index contributed by atoms with van der Waals surface area (Å²) < 4.78 is 5.16. The Bertz CT molecular complexity index is 647. The number of nitrogens with one attached hydrogen (secondary N) is 3.